The van der Waals surface area contributed by atoms with Crippen LogP contribution in [-0.2, 0) is 0 Å². The van der Waals surface area contributed by atoms with Gasteiger partial charge in [-0.05, 0) is 31.5 Å². The first kappa shape index (κ1) is 11.7. The van der Waals surface area contributed by atoms with E-state index in [2.05, 4.69) is 25.9 Å². The Hall–Kier alpha value is -1.82. The zero-order valence-electron chi connectivity index (χ0n) is 9.53. The Morgan fingerprint density at radius 1 is 1.47 bits per heavy atom. The van der Waals surface area contributed by atoms with Crippen molar-refractivity contribution in [1.82, 2.24) is 20.6 Å². The first-order valence-corrected chi connectivity index (χ1v) is 5.51. The van der Waals surface area contributed by atoms with Crippen molar-refractivity contribution in [2.24, 2.45) is 0 Å². The molecule has 0 aliphatic carbocycles. The number of H-pyrrole nitrogens is 1. The highest BCUT2D eigenvalue weighted by molar-refractivity contribution is 6.33. The highest BCUT2D eigenvalue weighted by Gasteiger charge is 2.12. The molecule has 7 heteroatoms. The lowest BCUT2D eigenvalue weighted by Crippen LogP contribution is -2.09. The Bertz CT molecular complexity index is 510. The van der Waals surface area contributed by atoms with E-state index in [1.54, 1.807) is 6.07 Å². The lowest BCUT2D eigenvalue weighted by Gasteiger charge is -2.15. The van der Waals surface area contributed by atoms with E-state index in [0.29, 0.717) is 16.5 Å². The zero-order valence-corrected chi connectivity index (χ0v) is 10.3. The van der Waals surface area contributed by atoms with Crippen LogP contribution in [0.2, 0.25) is 5.02 Å². The number of aromatic nitrogens is 4. The number of aryl methyl sites for hydroxylation is 1. The van der Waals surface area contributed by atoms with E-state index in [-0.39, 0.29) is 6.04 Å². The number of tetrazole rings is 1. The Balaban J connectivity index is 2.22. The summed E-state index contributed by atoms with van der Waals surface area (Å²) in [5.74, 6) is 0.595. The van der Waals surface area contributed by atoms with Crippen LogP contribution in [0.25, 0.3) is 0 Å². The van der Waals surface area contributed by atoms with Gasteiger partial charge >= 0.3 is 0 Å². The molecule has 1 heterocycles. The number of anilines is 2. The van der Waals surface area contributed by atoms with Crippen molar-refractivity contribution in [1.29, 1.82) is 0 Å². The summed E-state index contributed by atoms with van der Waals surface area (Å²) in [5.41, 5.74) is 8.21. The summed E-state index contributed by atoms with van der Waals surface area (Å²) < 4.78 is 0. The molecule has 0 radical (unpaired) electrons. The predicted octanol–water partition coefficient (Wildman–Crippen LogP) is 1.92. The molecular formula is C10H13ClN6. The molecule has 0 bridgehead atoms. The van der Waals surface area contributed by atoms with Crippen molar-refractivity contribution in [3.05, 3.63) is 28.5 Å². The monoisotopic (exact) mass is 252 g/mol. The van der Waals surface area contributed by atoms with Gasteiger partial charge in [-0.3, -0.25) is 0 Å². The van der Waals surface area contributed by atoms with E-state index in [0.717, 1.165) is 11.3 Å². The number of hydrogen-bond acceptors (Lipinski definition) is 5. The zero-order chi connectivity index (χ0) is 12.4. The maximum Gasteiger partial charge on any atom is 0.196 e. The van der Waals surface area contributed by atoms with Gasteiger partial charge < -0.3 is 11.1 Å². The van der Waals surface area contributed by atoms with Crippen LogP contribution < -0.4 is 11.1 Å². The first-order valence-electron chi connectivity index (χ1n) is 5.13. The third kappa shape index (κ3) is 2.47. The Kier molecular flexibility index (Phi) is 3.14. The molecule has 1 aromatic heterocycles. The van der Waals surface area contributed by atoms with Crippen molar-refractivity contribution in [2.75, 3.05) is 11.1 Å². The number of nitrogens with one attached hydrogen (secondary N) is 2. The molecule has 0 saturated heterocycles. The van der Waals surface area contributed by atoms with Crippen molar-refractivity contribution >= 4 is 23.0 Å². The quantitative estimate of drug-likeness (QED) is 0.726. The average Bonchev–Trinajstić information content (AvgIpc) is 2.79. The summed E-state index contributed by atoms with van der Waals surface area (Å²) in [5, 5.41) is 17.5. The molecule has 1 unspecified atom stereocenters. The molecule has 0 amide bonds. The molecule has 0 saturated carbocycles. The fraction of sp³-hybridized carbons (Fsp3) is 0.300. The second-order valence-corrected chi connectivity index (χ2v) is 4.23. The van der Waals surface area contributed by atoms with Crippen molar-refractivity contribution < 1.29 is 0 Å². The second kappa shape index (κ2) is 4.58. The van der Waals surface area contributed by atoms with Crippen LogP contribution in [0, 0.1) is 6.92 Å². The molecule has 2 rings (SSSR count). The number of nitrogens with two attached hydrogens (primary N) is 1. The number of nitrogens with zero attached hydrogens (tertiary/aromatic N) is 3. The number of aromatic amines is 1. The van der Waals surface area contributed by atoms with Gasteiger partial charge in [0.1, 0.15) is 0 Å². The molecule has 2 aromatic rings. The maximum absolute atomic E-state index is 5.98. The first-order chi connectivity index (χ1) is 8.08. The molecule has 0 aliphatic rings. The highest BCUT2D eigenvalue weighted by atomic mass is 35.5. The summed E-state index contributed by atoms with van der Waals surface area (Å²) >= 11 is 5.98. The van der Waals surface area contributed by atoms with Crippen LogP contribution in [0.1, 0.15) is 24.4 Å². The number of halogens is 1. The van der Waals surface area contributed by atoms with Gasteiger partial charge in [0.15, 0.2) is 5.82 Å². The number of rotatable bonds is 3. The minimum Gasteiger partial charge on any atom is -0.398 e. The van der Waals surface area contributed by atoms with E-state index in [1.807, 2.05) is 19.9 Å². The summed E-state index contributed by atoms with van der Waals surface area (Å²) in [4.78, 5) is 0. The fourth-order valence-corrected chi connectivity index (χ4v) is 1.67. The lowest BCUT2D eigenvalue weighted by molar-refractivity contribution is 0.792. The standard InChI is InChI=1S/C10H13ClN6/c1-5-3-8(12)7(11)4-9(5)13-6(2)10-14-16-17-15-10/h3-4,6,13H,12H2,1-2H3,(H,14,15,16,17). The van der Waals surface area contributed by atoms with Gasteiger partial charge in [-0.15, -0.1) is 10.2 Å². The minimum atomic E-state index is -0.0628. The molecule has 0 spiro atoms. The van der Waals surface area contributed by atoms with Gasteiger partial charge in [0.25, 0.3) is 0 Å². The van der Waals surface area contributed by atoms with Gasteiger partial charge in [-0.2, -0.15) is 5.21 Å². The van der Waals surface area contributed by atoms with Crippen LogP contribution >= 0.6 is 11.6 Å². The molecule has 6 nitrogen and oxygen atoms in total. The fourth-order valence-electron chi connectivity index (χ4n) is 1.51. The third-order valence-electron chi connectivity index (χ3n) is 2.46. The van der Waals surface area contributed by atoms with E-state index in [9.17, 15) is 0 Å². The third-order valence-corrected chi connectivity index (χ3v) is 2.79. The average molecular weight is 253 g/mol. The van der Waals surface area contributed by atoms with Crippen molar-refractivity contribution in [3.63, 3.8) is 0 Å². The SMILES string of the molecule is Cc1cc(N)c(Cl)cc1NC(C)c1nn[nH]n1. The smallest absolute Gasteiger partial charge is 0.196 e. The van der Waals surface area contributed by atoms with Crippen LogP contribution in [-0.4, -0.2) is 20.6 Å². The van der Waals surface area contributed by atoms with E-state index < -0.39 is 0 Å². The minimum absolute atomic E-state index is 0.0628. The van der Waals surface area contributed by atoms with Crippen molar-refractivity contribution in [3.8, 4) is 0 Å². The number of nitrogen functional groups attached to an aromatic ring is 1. The second-order valence-electron chi connectivity index (χ2n) is 3.82. The topological polar surface area (TPSA) is 92.5 Å². The van der Waals surface area contributed by atoms with Crippen LogP contribution in [0.3, 0.4) is 0 Å². The Labute approximate surface area is 104 Å². The summed E-state index contributed by atoms with van der Waals surface area (Å²) in [6.45, 7) is 3.90. The van der Waals surface area contributed by atoms with E-state index in [1.165, 1.54) is 0 Å². The van der Waals surface area contributed by atoms with Crippen LogP contribution in [0.15, 0.2) is 12.1 Å². The molecule has 1 atom stereocenters. The van der Waals surface area contributed by atoms with E-state index in [4.69, 9.17) is 17.3 Å². The molecule has 0 fully saturated rings. The predicted molar refractivity (Wildman–Crippen MR) is 66.8 cm³/mol. The van der Waals surface area contributed by atoms with Gasteiger partial charge in [-0.25, -0.2) is 0 Å². The van der Waals surface area contributed by atoms with Gasteiger partial charge in [-0.1, -0.05) is 16.8 Å². The molecule has 90 valence electrons. The van der Waals surface area contributed by atoms with Gasteiger partial charge in [0.05, 0.1) is 16.8 Å². The van der Waals surface area contributed by atoms with Gasteiger partial charge in [0, 0.05) is 5.69 Å². The number of benzene rings is 1. The Morgan fingerprint density at radius 3 is 2.88 bits per heavy atom. The van der Waals surface area contributed by atoms with Crippen LogP contribution in [0.4, 0.5) is 11.4 Å². The van der Waals surface area contributed by atoms with Crippen molar-refractivity contribution in [2.45, 2.75) is 19.9 Å². The largest absolute Gasteiger partial charge is 0.398 e. The van der Waals surface area contributed by atoms with Crippen LogP contribution in [0.5, 0.6) is 0 Å². The van der Waals surface area contributed by atoms with Gasteiger partial charge in [0.2, 0.25) is 0 Å². The Morgan fingerprint density at radius 2 is 2.24 bits per heavy atom. The molecular weight excluding hydrogens is 240 g/mol. The summed E-state index contributed by atoms with van der Waals surface area (Å²) in [6.07, 6.45) is 0. The summed E-state index contributed by atoms with van der Waals surface area (Å²) in [7, 11) is 0. The lowest BCUT2D eigenvalue weighted by atomic mass is 10.1. The number of hydrogen-bond donors (Lipinski definition) is 3. The molecule has 17 heavy (non-hydrogen) atoms. The molecule has 4 N–H and O–H groups in total. The highest BCUT2D eigenvalue weighted by Crippen LogP contribution is 2.28. The summed E-state index contributed by atoms with van der Waals surface area (Å²) in [6, 6.07) is 3.56. The normalized spacial score (nSPS) is 12.4. The molecule has 1 aromatic carbocycles. The molecule has 0 aliphatic heterocycles. The van der Waals surface area contributed by atoms with E-state index >= 15 is 0 Å². The maximum atomic E-state index is 5.98.